The van der Waals surface area contributed by atoms with Crippen LogP contribution >= 0.6 is 0 Å². The minimum Gasteiger partial charge on any atom is -0.497 e. The molecule has 0 spiro atoms. The lowest BCUT2D eigenvalue weighted by atomic mass is 9.80. The van der Waals surface area contributed by atoms with Crippen molar-refractivity contribution in [1.29, 1.82) is 0 Å². The molecule has 1 saturated heterocycles. The molecule has 2 heterocycles. The third kappa shape index (κ3) is 27.3. The number of rotatable bonds is 49. The number of nitrogens with zero attached hydrogens (tertiary/aromatic N) is 4. The molecule has 25 heteroatoms. The van der Waals surface area contributed by atoms with Gasteiger partial charge in [-0.2, -0.15) is 0 Å². The molecule has 7 amide bonds. The second kappa shape index (κ2) is 44.1. The van der Waals surface area contributed by atoms with Crippen molar-refractivity contribution in [3.05, 3.63) is 89.5 Å². The van der Waals surface area contributed by atoms with Crippen molar-refractivity contribution in [3.63, 3.8) is 0 Å². The number of hydrogen-bond donors (Lipinski definition) is 3. The maximum absolute atomic E-state index is 15.1. The number of nitrogens with one attached hydrogen (secondary N) is 2. The third-order valence-electron chi connectivity index (χ3n) is 21.1. The predicted octanol–water partition coefficient (Wildman–Crippen LogP) is 9.56. The van der Waals surface area contributed by atoms with Crippen LogP contribution in [0.1, 0.15) is 187 Å². The van der Waals surface area contributed by atoms with Gasteiger partial charge >= 0.3 is 12.1 Å². The highest BCUT2D eigenvalue weighted by atomic mass is 16.6. The molecule has 4 N–H and O–H groups in total. The first kappa shape index (κ1) is 89.1. The fourth-order valence-corrected chi connectivity index (χ4v) is 14.7. The first-order valence-corrected chi connectivity index (χ1v) is 38.0. The zero-order valence-electron chi connectivity index (χ0n) is 65.8. The van der Waals surface area contributed by atoms with Crippen LogP contribution in [0.15, 0.2) is 72.8 Å². The Morgan fingerprint density at radius 1 is 0.654 bits per heavy atom. The summed E-state index contributed by atoms with van der Waals surface area (Å²) in [5.41, 5.74) is 7.09. The number of hydrogen-bond acceptors (Lipinski definition) is 19. The van der Waals surface area contributed by atoms with Crippen LogP contribution in [0, 0.1) is 47.3 Å². The number of likely N-dealkylation sites (tertiary alicyclic amines) is 1. The fraction of sp³-hybridized carbons (Fsp3) is 0.622. The molecule has 25 nitrogen and oxygen atoms in total. The number of Topliss-reactive ketones (excluding diaryl/α,β-unsaturated/α-hetero) is 5. The summed E-state index contributed by atoms with van der Waals surface area (Å²) in [7, 11) is 9.85. The van der Waals surface area contributed by atoms with Crippen molar-refractivity contribution in [2.45, 2.75) is 215 Å². The molecule has 107 heavy (non-hydrogen) atoms. The summed E-state index contributed by atoms with van der Waals surface area (Å²) in [5, 5.41) is 7.14. The molecule has 2 aliphatic heterocycles. The number of amides is 7. The van der Waals surface area contributed by atoms with Gasteiger partial charge in [-0.1, -0.05) is 124 Å². The van der Waals surface area contributed by atoms with Crippen LogP contribution in [0.5, 0.6) is 5.75 Å². The quantitative estimate of drug-likeness (QED) is 0.0205. The van der Waals surface area contributed by atoms with E-state index < -0.39 is 89.9 Å². The van der Waals surface area contributed by atoms with Crippen molar-refractivity contribution in [2.24, 2.45) is 53.1 Å². The Hall–Kier alpha value is -8.55. The van der Waals surface area contributed by atoms with E-state index in [1.165, 1.54) is 31.3 Å². The zero-order chi connectivity index (χ0) is 79.4. The number of carbonyl (C=O) groups is 13. The maximum atomic E-state index is 15.1. The largest absolute Gasteiger partial charge is 0.497 e. The molecule has 3 aromatic carbocycles. The number of unbranched alkanes of at least 4 members (excludes halogenated alkanes) is 3. The second-order valence-corrected chi connectivity index (χ2v) is 30.2. The first-order valence-electron chi connectivity index (χ1n) is 38.0. The van der Waals surface area contributed by atoms with E-state index in [0.29, 0.717) is 67.4 Å². The number of fused-ring (bicyclic) bond motifs is 1. The van der Waals surface area contributed by atoms with Gasteiger partial charge in [0.2, 0.25) is 23.6 Å². The molecule has 2 aliphatic rings. The number of imide groups is 1. The van der Waals surface area contributed by atoms with Crippen molar-refractivity contribution in [1.82, 2.24) is 30.2 Å². The summed E-state index contributed by atoms with van der Waals surface area (Å²) in [6.45, 7) is 16.9. The summed E-state index contributed by atoms with van der Waals surface area (Å²) in [6.07, 6.45) is 2.83. The van der Waals surface area contributed by atoms with Gasteiger partial charge in [0.05, 0.1) is 62.9 Å². The van der Waals surface area contributed by atoms with E-state index in [2.05, 4.69) is 10.6 Å². The van der Waals surface area contributed by atoms with Crippen LogP contribution in [0.3, 0.4) is 0 Å². The highest BCUT2D eigenvalue weighted by Crippen LogP contribution is 2.34. The smallest absolute Gasteiger partial charge is 0.407 e. The van der Waals surface area contributed by atoms with Crippen molar-refractivity contribution in [3.8, 4) is 5.75 Å². The molecule has 11 atom stereocenters. The number of benzene rings is 3. The first-order chi connectivity index (χ1) is 50.7. The van der Waals surface area contributed by atoms with Gasteiger partial charge in [0, 0.05) is 121 Å². The van der Waals surface area contributed by atoms with Crippen molar-refractivity contribution >= 4 is 87.2 Å². The molecule has 0 aromatic heterocycles. The Balaban J connectivity index is 1.20. The number of carbonyl (C=O) groups excluding carboxylic acids is 13. The Morgan fingerprint density at radius 2 is 1.30 bits per heavy atom. The van der Waals surface area contributed by atoms with Crippen LogP contribution in [0.2, 0.25) is 0 Å². The SMILES string of the molecule is CC[C@H](C)[C@@H]([C@@H](CC(=O)N1C[C@@H](OC(=O)NCCCC(=O)OCc2ccc(CC(=O)[C@H](CCCCC(N)=O)CC(=O)[C@@H](CC(=O)CCCCCN3C(=O)C=CC3=O)C(C)C)cc2)C[C@H]1[C@H](OC)[C@@H](C)C(=O)NCC(=O)c1ccc2cc(OC)ccc2c1)OC)N(C)C(=O)[C@@H](CC(=O)[C@H](C(C)C)N(C)C)C(C)C. The Morgan fingerprint density at radius 3 is 1.91 bits per heavy atom. The molecule has 1 fully saturated rings. The molecular weight excluding hydrogens is 1370 g/mol. The van der Waals surface area contributed by atoms with Gasteiger partial charge in [-0.05, 0) is 110 Å². The molecular formula is C82H119N7O18. The number of primary amides is 1. The van der Waals surface area contributed by atoms with Gasteiger partial charge in [0.25, 0.3) is 11.8 Å². The number of esters is 1. The molecule has 590 valence electrons. The zero-order valence-corrected chi connectivity index (χ0v) is 65.8. The number of methoxy groups -OCH3 is 3. The molecule has 0 bridgehead atoms. The van der Waals surface area contributed by atoms with E-state index in [1.54, 1.807) is 74.5 Å². The van der Waals surface area contributed by atoms with Gasteiger partial charge in [0.15, 0.2) is 11.6 Å². The van der Waals surface area contributed by atoms with E-state index in [-0.39, 0.29) is 167 Å². The molecule has 0 unspecified atom stereocenters. The van der Waals surface area contributed by atoms with Crippen LogP contribution in [-0.2, 0) is 84.7 Å². The lowest BCUT2D eigenvalue weighted by Gasteiger charge is -2.41. The van der Waals surface area contributed by atoms with Crippen molar-refractivity contribution < 1.29 is 86.0 Å². The second-order valence-electron chi connectivity index (χ2n) is 30.2. The van der Waals surface area contributed by atoms with Gasteiger partial charge in [-0.3, -0.25) is 67.3 Å². The van der Waals surface area contributed by atoms with E-state index >= 15 is 4.79 Å². The average Bonchev–Trinajstić information content (AvgIpc) is 1.69. The van der Waals surface area contributed by atoms with Crippen LogP contribution in [-0.4, -0.2) is 201 Å². The number of ether oxygens (including phenoxy) is 5. The maximum Gasteiger partial charge on any atom is 0.407 e. The monoisotopic (exact) mass is 1490 g/mol. The lowest BCUT2D eigenvalue weighted by Crippen LogP contribution is -2.54. The van der Waals surface area contributed by atoms with Gasteiger partial charge in [0.1, 0.15) is 35.8 Å². The summed E-state index contributed by atoms with van der Waals surface area (Å²) < 4.78 is 29.1. The number of nitrogens with two attached hydrogens (primary N) is 1. The lowest BCUT2D eigenvalue weighted by molar-refractivity contribution is -0.149. The summed E-state index contributed by atoms with van der Waals surface area (Å²) >= 11 is 0. The highest BCUT2D eigenvalue weighted by molar-refractivity contribution is 6.13. The third-order valence-corrected chi connectivity index (χ3v) is 21.1. The molecule has 5 rings (SSSR count). The van der Waals surface area contributed by atoms with Gasteiger partial charge in [-0.25, -0.2) is 4.79 Å². The molecule has 0 radical (unpaired) electrons. The number of alkyl carbamates (subject to hydrolysis) is 1. The van der Waals surface area contributed by atoms with Crippen LogP contribution in [0.4, 0.5) is 4.79 Å². The van der Waals surface area contributed by atoms with E-state index in [9.17, 15) is 57.5 Å². The Bertz CT molecular complexity index is 3540. The standard InChI is InChI=1S/C82H119N7O18/c1-16-53(8)78(87(12)81(101)65(51(4)5)45-69(93)77(52(6)7)86(10)11)71(104-14)46-75(98)89-48-63(44-66(89)79(105-15)54(9)80(100)85-47-70(94)60-32-31-58-41-62(103-13)34-33-57(58)40-60)107-82(102)84-37-22-26-76(99)106-49-56-29-27-55(28-30-56)39-67(91)59(23-19-20-25-72(83)95)42-68(92)64(50(2)3)43-61(90)24-18-17-21-38-88-73(96)35-36-74(88)97/h27-36,40-41,50-54,59,63-66,71,77-79H,16-26,37-39,42-49H2,1-15H3,(H2,83,95)(H,84,102)(H,85,100)/t53-,54+,59+,63-,64-,65-,66-,71+,77-,78-,79+/m0/s1. The molecule has 3 aromatic rings. The minimum absolute atomic E-state index is 0.0108. The summed E-state index contributed by atoms with van der Waals surface area (Å²) in [6, 6.07) is 15.8. The van der Waals surface area contributed by atoms with E-state index in [1.807, 2.05) is 86.5 Å². The van der Waals surface area contributed by atoms with Crippen LogP contribution < -0.4 is 21.1 Å². The fourth-order valence-electron chi connectivity index (χ4n) is 14.7. The minimum atomic E-state index is -0.982. The Labute approximate surface area is 632 Å². The molecule has 0 aliphatic carbocycles. The van der Waals surface area contributed by atoms with E-state index in [4.69, 9.17) is 29.4 Å². The summed E-state index contributed by atoms with van der Waals surface area (Å²) in [4.78, 5) is 181. The van der Waals surface area contributed by atoms with Crippen molar-refractivity contribution in [2.75, 3.05) is 68.7 Å². The molecule has 0 saturated carbocycles. The average molecular weight is 1490 g/mol. The van der Waals surface area contributed by atoms with Crippen LogP contribution in [0.25, 0.3) is 10.8 Å². The predicted molar refractivity (Wildman–Crippen MR) is 405 cm³/mol. The normalized spacial score (nSPS) is 17.0. The number of ketones is 5. The van der Waals surface area contributed by atoms with Gasteiger partial charge in [-0.15, -0.1) is 0 Å². The Kier molecular flexibility index (Phi) is 36.7. The van der Waals surface area contributed by atoms with E-state index in [0.717, 1.165) is 15.7 Å². The topological polar surface area (TPSA) is 331 Å². The summed E-state index contributed by atoms with van der Waals surface area (Å²) in [5.74, 6) is -6.46. The highest BCUT2D eigenvalue weighted by Gasteiger charge is 2.47. The number of likely N-dealkylation sites (N-methyl/N-ethyl adjacent to an activating group) is 2. The van der Waals surface area contributed by atoms with Gasteiger partial charge < -0.3 is 49.9 Å².